The molecule has 0 saturated carbocycles. The number of benzene rings is 9. The van der Waals surface area contributed by atoms with Crippen molar-refractivity contribution in [2.45, 2.75) is 0 Å². The van der Waals surface area contributed by atoms with Crippen molar-refractivity contribution in [3.05, 3.63) is 194 Å². The van der Waals surface area contributed by atoms with Crippen LogP contribution in [0.25, 0.3) is 110 Å². The molecule has 0 N–H and O–H groups in total. The van der Waals surface area contributed by atoms with Gasteiger partial charge in [0, 0.05) is 43.7 Å². The number of rotatable bonds is 4. The van der Waals surface area contributed by atoms with Gasteiger partial charge in [0.1, 0.15) is 11.2 Å². The molecule has 12 aromatic rings. The third-order valence-electron chi connectivity index (χ3n) is 11.5. The molecule has 12 rings (SSSR count). The number of nitrogens with zero attached hydrogens (tertiary/aromatic N) is 2. The van der Waals surface area contributed by atoms with Gasteiger partial charge in [-0.15, -0.1) is 0 Å². The van der Waals surface area contributed by atoms with E-state index in [1.165, 1.54) is 82.3 Å². The highest BCUT2D eigenvalue weighted by Crippen LogP contribution is 2.39. The predicted molar refractivity (Wildman–Crippen MR) is 231 cm³/mol. The second-order valence-corrected chi connectivity index (χ2v) is 14.6. The molecule has 3 nitrogen and oxygen atoms in total. The van der Waals surface area contributed by atoms with E-state index >= 15 is 0 Å². The van der Waals surface area contributed by atoms with Gasteiger partial charge in [-0.05, 0) is 112 Å². The first-order valence-electron chi connectivity index (χ1n) is 18.8. The number of para-hydroxylation sites is 3. The first-order valence-corrected chi connectivity index (χ1v) is 18.8. The fraction of sp³-hybridized carbons (Fsp3) is 0. The lowest BCUT2D eigenvalue weighted by molar-refractivity contribution is 0.669. The molecule has 3 heteroatoms. The Bertz CT molecular complexity index is 3500. The fourth-order valence-electron chi connectivity index (χ4n) is 8.91. The summed E-state index contributed by atoms with van der Waals surface area (Å²) in [6.45, 7) is 0. The maximum atomic E-state index is 6.13. The summed E-state index contributed by atoms with van der Waals surface area (Å²) in [4.78, 5) is 0. The van der Waals surface area contributed by atoms with E-state index in [-0.39, 0.29) is 0 Å². The molecule has 256 valence electrons. The van der Waals surface area contributed by atoms with Gasteiger partial charge >= 0.3 is 0 Å². The number of aromatic nitrogens is 2. The van der Waals surface area contributed by atoms with Gasteiger partial charge < -0.3 is 13.6 Å². The third kappa shape index (κ3) is 4.57. The van der Waals surface area contributed by atoms with Crippen LogP contribution in [0.15, 0.2) is 199 Å². The van der Waals surface area contributed by atoms with Crippen LogP contribution in [0, 0.1) is 0 Å². The average Bonchev–Trinajstić information content (AvgIpc) is 3.90. The smallest absolute Gasteiger partial charge is 0.135 e. The fourth-order valence-corrected chi connectivity index (χ4v) is 8.91. The molecular weight excluding hydrogens is 669 g/mol. The van der Waals surface area contributed by atoms with E-state index in [4.69, 9.17) is 4.42 Å². The highest BCUT2D eigenvalue weighted by molar-refractivity contribution is 6.13. The number of hydrogen-bond donors (Lipinski definition) is 0. The molecule has 0 unspecified atom stereocenters. The molecule has 0 aliphatic carbocycles. The topological polar surface area (TPSA) is 23.0 Å². The lowest BCUT2D eigenvalue weighted by Crippen LogP contribution is -1.94. The van der Waals surface area contributed by atoms with Crippen molar-refractivity contribution in [3.8, 4) is 33.6 Å². The minimum Gasteiger partial charge on any atom is -0.456 e. The highest BCUT2D eigenvalue weighted by atomic mass is 16.3. The zero-order valence-electron chi connectivity index (χ0n) is 29.8. The second-order valence-electron chi connectivity index (χ2n) is 14.6. The Morgan fingerprint density at radius 1 is 0.273 bits per heavy atom. The second kappa shape index (κ2) is 11.6. The summed E-state index contributed by atoms with van der Waals surface area (Å²) in [5.74, 6) is 0. The van der Waals surface area contributed by atoms with Crippen LogP contribution in [0.5, 0.6) is 0 Å². The van der Waals surface area contributed by atoms with Crippen LogP contribution in [0.3, 0.4) is 0 Å². The van der Waals surface area contributed by atoms with Crippen LogP contribution >= 0.6 is 0 Å². The minimum absolute atomic E-state index is 0.911. The number of furan rings is 1. The Hall–Kier alpha value is -7.36. The molecule has 9 aromatic carbocycles. The van der Waals surface area contributed by atoms with E-state index < -0.39 is 0 Å². The molecule has 0 amide bonds. The van der Waals surface area contributed by atoms with E-state index in [1.807, 2.05) is 12.1 Å². The van der Waals surface area contributed by atoms with Crippen molar-refractivity contribution >= 4 is 76.3 Å². The predicted octanol–water partition coefficient (Wildman–Crippen LogP) is 14.3. The van der Waals surface area contributed by atoms with Crippen LogP contribution in [0.1, 0.15) is 0 Å². The quantitative estimate of drug-likeness (QED) is 0.179. The molecule has 55 heavy (non-hydrogen) atoms. The van der Waals surface area contributed by atoms with E-state index in [1.54, 1.807) is 0 Å². The first-order chi connectivity index (χ1) is 27.2. The van der Waals surface area contributed by atoms with Gasteiger partial charge in [0.05, 0.1) is 22.1 Å². The Morgan fingerprint density at radius 2 is 0.782 bits per heavy atom. The van der Waals surface area contributed by atoms with Gasteiger partial charge in [0.2, 0.25) is 0 Å². The Kier molecular flexibility index (Phi) is 6.34. The van der Waals surface area contributed by atoms with Crippen LogP contribution in [0.4, 0.5) is 0 Å². The average molecular weight is 701 g/mol. The summed E-state index contributed by atoms with van der Waals surface area (Å²) in [6.07, 6.45) is 0. The molecule has 3 aromatic heterocycles. The maximum absolute atomic E-state index is 6.13. The van der Waals surface area contributed by atoms with Crippen molar-refractivity contribution in [2.75, 3.05) is 0 Å². The normalized spacial score (nSPS) is 12.0. The van der Waals surface area contributed by atoms with E-state index in [0.717, 1.165) is 27.6 Å². The number of fused-ring (bicyclic) bond motifs is 10. The van der Waals surface area contributed by atoms with Crippen molar-refractivity contribution in [2.24, 2.45) is 0 Å². The van der Waals surface area contributed by atoms with Crippen molar-refractivity contribution in [3.63, 3.8) is 0 Å². The molecule has 0 spiro atoms. The SMILES string of the molecule is c1cc(-c2ccc3oc4ccccc4c3c2)cc(-n2c3ccccc3c3cc(-c4ccc5c(c4)c4ccccc4n5-c4ccc5ccccc5c4)ccc32)c1. The molecule has 0 saturated heterocycles. The number of hydrogen-bond acceptors (Lipinski definition) is 1. The van der Waals surface area contributed by atoms with Crippen LogP contribution in [-0.2, 0) is 0 Å². The zero-order valence-corrected chi connectivity index (χ0v) is 29.8. The van der Waals surface area contributed by atoms with Crippen LogP contribution in [0.2, 0.25) is 0 Å². The van der Waals surface area contributed by atoms with E-state index in [9.17, 15) is 0 Å². The van der Waals surface area contributed by atoms with Crippen LogP contribution in [-0.4, -0.2) is 9.13 Å². The molecule has 0 aliphatic rings. The lowest BCUT2D eigenvalue weighted by Gasteiger charge is -2.11. The van der Waals surface area contributed by atoms with E-state index in [0.29, 0.717) is 0 Å². The summed E-state index contributed by atoms with van der Waals surface area (Å²) >= 11 is 0. The van der Waals surface area contributed by atoms with E-state index in [2.05, 4.69) is 191 Å². The van der Waals surface area contributed by atoms with Gasteiger partial charge in [0.15, 0.2) is 0 Å². The van der Waals surface area contributed by atoms with Crippen molar-refractivity contribution < 1.29 is 4.42 Å². The first kappa shape index (κ1) is 30.1. The summed E-state index contributed by atoms with van der Waals surface area (Å²) in [5.41, 5.74) is 13.7. The van der Waals surface area contributed by atoms with Gasteiger partial charge in [-0.25, -0.2) is 0 Å². The standard InChI is InChI=1S/C52H32N2O/c1-2-11-34-28-40(24-20-33(34)10-1)54-48-18-7-4-15-42(48)45-31-37(22-26-50(45)54)36-21-25-49-44(30-36)41-14-3-6-17-47(41)53(49)39-13-9-12-35(29-39)38-23-27-52-46(32-38)43-16-5-8-19-51(43)55-52/h1-32H. The molecule has 0 atom stereocenters. The Balaban J connectivity index is 0.991. The Morgan fingerprint density at radius 3 is 1.49 bits per heavy atom. The molecule has 0 aliphatic heterocycles. The summed E-state index contributed by atoms with van der Waals surface area (Å²) in [6, 6.07) is 70.5. The van der Waals surface area contributed by atoms with Gasteiger partial charge in [-0.3, -0.25) is 0 Å². The minimum atomic E-state index is 0.911. The molecule has 3 heterocycles. The lowest BCUT2D eigenvalue weighted by atomic mass is 10.0. The van der Waals surface area contributed by atoms with Gasteiger partial charge in [-0.1, -0.05) is 115 Å². The van der Waals surface area contributed by atoms with Gasteiger partial charge in [-0.2, -0.15) is 0 Å². The monoisotopic (exact) mass is 700 g/mol. The van der Waals surface area contributed by atoms with Crippen LogP contribution < -0.4 is 0 Å². The molecule has 0 fully saturated rings. The largest absolute Gasteiger partial charge is 0.456 e. The highest BCUT2D eigenvalue weighted by Gasteiger charge is 2.17. The van der Waals surface area contributed by atoms with Gasteiger partial charge in [0.25, 0.3) is 0 Å². The zero-order chi connectivity index (χ0) is 36.0. The third-order valence-corrected chi connectivity index (χ3v) is 11.5. The molecular formula is C52H32N2O. The maximum Gasteiger partial charge on any atom is 0.135 e. The summed E-state index contributed by atoms with van der Waals surface area (Å²) in [7, 11) is 0. The van der Waals surface area contributed by atoms with Crippen molar-refractivity contribution in [1.29, 1.82) is 0 Å². The summed E-state index contributed by atoms with van der Waals surface area (Å²) < 4.78 is 10.9. The summed E-state index contributed by atoms with van der Waals surface area (Å²) in [5, 5.41) is 9.76. The molecule has 0 radical (unpaired) electrons. The van der Waals surface area contributed by atoms with Crippen molar-refractivity contribution in [1.82, 2.24) is 9.13 Å². The Labute approximate surface area is 316 Å². The molecule has 0 bridgehead atoms.